The Morgan fingerprint density at radius 1 is 1.36 bits per heavy atom. The molecule has 0 saturated carbocycles. The Kier molecular flexibility index (Phi) is 7.16. The summed E-state index contributed by atoms with van der Waals surface area (Å²) >= 11 is 14.3. The molecule has 0 aliphatic rings. The summed E-state index contributed by atoms with van der Waals surface area (Å²) in [5.41, 5.74) is 1.09. The van der Waals surface area contributed by atoms with Crippen molar-refractivity contribution >= 4 is 56.5 Å². The van der Waals surface area contributed by atoms with Gasteiger partial charge in [0.25, 0.3) is 5.91 Å². The van der Waals surface area contributed by atoms with Crippen molar-refractivity contribution in [1.29, 1.82) is 0 Å². The quantitative estimate of drug-likeness (QED) is 0.521. The molecule has 1 amide bonds. The average molecular weight is 443 g/mol. The molecule has 0 aliphatic heterocycles. The molecule has 0 atom stereocenters. The third kappa shape index (κ3) is 6.26. The van der Waals surface area contributed by atoms with E-state index in [-0.39, 0.29) is 11.0 Å². The highest BCUT2D eigenvalue weighted by molar-refractivity contribution is 9.10. The maximum Gasteiger partial charge on any atom is 0.257 e. The highest BCUT2D eigenvalue weighted by Crippen LogP contribution is 2.26. The molecule has 1 heterocycles. The molecule has 0 unspecified atom stereocenters. The van der Waals surface area contributed by atoms with E-state index in [9.17, 15) is 4.79 Å². The van der Waals surface area contributed by atoms with Gasteiger partial charge < -0.3 is 10.1 Å². The zero-order valence-electron chi connectivity index (χ0n) is 13.7. The Hall–Kier alpha value is -1.70. The largest absolute Gasteiger partial charge is 0.492 e. The summed E-state index contributed by atoms with van der Waals surface area (Å²) in [6.45, 7) is 4.74. The van der Waals surface area contributed by atoms with Crippen LogP contribution < -0.4 is 15.4 Å². The van der Waals surface area contributed by atoms with Gasteiger partial charge in [-0.2, -0.15) is 0 Å². The molecule has 8 heteroatoms. The first kappa shape index (κ1) is 19.6. The van der Waals surface area contributed by atoms with Crippen molar-refractivity contribution in [3.8, 4) is 5.75 Å². The number of nitrogens with one attached hydrogen (secondary N) is 2. The van der Waals surface area contributed by atoms with Crippen LogP contribution in [-0.4, -0.2) is 22.6 Å². The van der Waals surface area contributed by atoms with Crippen LogP contribution in [0.1, 0.15) is 24.2 Å². The number of thiocarbonyl (C=S) groups is 1. The third-order valence-corrected chi connectivity index (χ3v) is 4.03. The molecule has 5 nitrogen and oxygen atoms in total. The number of aromatic nitrogens is 1. The van der Waals surface area contributed by atoms with Gasteiger partial charge in [0.2, 0.25) is 0 Å². The number of benzene rings is 1. The fraction of sp³-hybridized carbons (Fsp3) is 0.235. The molecule has 0 spiro atoms. The minimum absolute atomic E-state index is 0.172. The maximum absolute atomic E-state index is 12.3. The van der Waals surface area contributed by atoms with Crippen LogP contribution in [0, 0.1) is 5.92 Å². The number of nitrogens with zero attached hydrogens (tertiary/aromatic N) is 1. The predicted molar refractivity (Wildman–Crippen MR) is 107 cm³/mol. The summed E-state index contributed by atoms with van der Waals surface area (Å²) in [7, 11) is 0. The number of amides is 1. The van der Waals surface area contributed by atoms with E-state index in [1.807, 2.05) is 0 Å². The summed E-state index contributed by atoms with van der Waals surface area (Å²) < 4.78 is 6.38. The number of pyridine rings is 1. The summed E-state index contributed by atoms with van der Waals surface area (Å²) in [5.74, 6) is 0.786. The lowest BCUT2D eigenvalue weighted by molar-refractivity contribution is 0.0977. The second-order valence-corrected chi connectivity index (χ2v) is 7.28. The van der Waals surface area contributed by atoms with Crippen LogP contribution in [-0.2, 0) is 0 Å². The van der Waals surface area contributed by atoms with Crippen LogP contribution in [0.25, 0.3) is 0 Å². The van der Waals surface area contributed by atoms with Crippen LogP contribution >= 0.6 is 39.7 Å². The highest BCUT2D eigenvalue weighted by atomic mass is 79.9. The Morgan fingerprint density at radius 3 is 2.72 bits per heavy atom. The minimum atomic E-state index is -0.324. The Morgan fingerprint density at radius 2 is 2.12 bits per heavy atom. The van der Waals surface area contributed by atoms with Gasteiger partial charge >= 0.3 is 0 Å². The molecule has 0 fully saturated rings. The van der Waals surface area contributed by atoms with E-state index in [0.717, 1.165) is 0 Å². The Balaban J connectivity index is 1.96. The molecule has 1 aromatic heterocycles. The lowest BCUT2D eigenvalue weighted by Crippen LogP contribution is -2.34. The van der Waals surface area contributed by atoms with Gasteiger partial charge in [-0.1, -0.05) is 25.4 Å². The van der Waals surface area contributed by atoms with Crippen LogP contribution in [0.3, 0.4) is 0 Å². The van der Waals surface area contributed by atoms with Gasteiger partial charge in [-0.3, -0.25) is 10.1 Å². The van der Waals surface area contributed by atoms with Gasteiger partial charge in [-0.25, -0.2) is 4.98 Å². The number of rotatable bonds is 5. The molecule has 1 aromatic carbocycles. The van der Waals surface area contributed by atoms with Gasteiger partial charge in [-0.05, 0) is 64.4 Å². The molecule has 0 saturated heterocycles. The number of anilines is 1. The zero-order valence-corrected chi connectivity index (χ0v) is 16.8. The van der Waals surface area contributed by atoms with Crippen molar-refractivity contribution in [3.05, 3.63) is 51.7 Å². The van der Waals surface area contributed by atoms with E-state index in [1.165, 1.54) is 6.20 Å². The van der Waals surface area contributed by atoms with Crippen LogP contribution in [0.4, 0.5) is 5.69 Å². The van der Waals surface area contributed by atoms with E-state index in [2.05, 4.69) is 45.4 Å². The van der Waals surface area contributed by atoms with Crippen molar-refractivity contribution in [2.45, 2.75) is 13.8 Å². The number of carbonyl (C=O) groups excluding carboxylic acids is 1. The van der Waals surface area contributed by atoms with E-state index < -0.39 is 0 Å². The van der Waals surface area contributed by atoms with Crippen molar-refractivity contribution in [3.63, 3.8) is 0 Å². The first-order valence-electron chi connectivity index (χ1n) is 7.51. The number of carbonyl (C=O) groups is 1. The lowest BCUT2D eigenvalue weighted by Gasteiger charge is -2.12. The molecule has 0 bridgehead atoms. The van der Waals surface area contributed by atoms with Gasteiger partial charge in [0.1, 0.15) is 10.9 Å². The minimum Gasteiger partial charge on any atom is -0.492 e. The fourth-order valence-corrected chi connectivity index (χ4v) is 2.62. The Bertz CT molecular complexity index is 769. The standard InChI is InChI=1S/C17H17BrClN3O2S/c1-10(2)9-24-14-5-3-11(7-13(14)18)16(23)22-17(25)21-12-4-6-15(19)20-8-12/h3-8,10H,9H2,1-2H3,(H2,21,22,23,25). The van der Waals surface area contributed by atoms with E-state index in [1.54, 1.807) is 30.3 Å². The first-order valence-corrected chi connectivity index (χ1v) is 9.09. The van der Waals surface area contributed by atoms with E-state index >= 15 is 0 Å². The van der Waals surface area contributed by atoms with E-state index in [0.29, 0.717) is 39.2 Å². The molecule has 0 aliphatic carbocycles. The number of hydrogen-bond acceptors (Lipinski definition) is 4. The van der Waals surface area contributed by atoms with Crippen molar-refractivity contribution in [2.24, 2.45) is 5.92 Å². The van der Waals surface area contributed by atoms with Gasteiger partial charge in [0.05, 0.1) is 23.0 Å². The molecule has 25 heavy (non-hydrogen) atoms. The monoisotopic (exact) mass is 441 g/mol. The smallest absolute Gasteiger partial charge is 0.257 e. The second kappa shape index (κ2) is 9.12. The van der Waals surface area contributed by atoms with Crippen molar-refractivity contribution < 1.29 is 9.53 Å². The maximum atomic E-state index is 12.3. The molecule has 2 rings (SSSR count). The van der Waals surface area contributed by atoms with Crippen LogP contribution in [0.15, 0.2) is 41.0 Å². The highest BCUT2D eigenvalue weighted by Gasteiger charge is 2.11. The zero-order chi connectivity index (χ0) is 18.4. The number of ether oxygens (including phenoxy) is 1. The fourth-order valence-electron chi connectivity index (χ4n) is 1.80. The molecule has 0 radical (unpaired) electrons. The lowest BCUT2D eigenvalue weighted by atomic mass is 10.2. The molecule has 132 valence electrons. The number of halogens is 2. The first-order chi connectivity index (χ1) is 11.8. The molecular formula is C17H17BrClN3O2S. The average Bonchev–Trinajstić information content (AvgIpc) is 2.55. The molecular weight excluding hydrogens is 426 g/mol. The third-order valence-electron chi connectivity index (χ3n) is 2.98. The summed E-state index contributed by atoms with van der Waals surface area (Å²) in [4.78, 5) is 16.2. The van der Waals surface area contributed by atoms with Crippen molar-refractivity contribution in [1.82, 2.24) is 10.3 Å². The van der Waals surface area contributed by atoms with Crippen LogP contribution in [0.5, 0.6) is 5.75 Å². The second-order valence-electron chi connectivity index (χ2n) is 5.63. The normalized spacial score (nSPS) is 10.4. The molecule has 2 aromatic rings. The van der Waals surface area contributed by atoms with Gasteiger partial charge in [0.15, 0.2) is 5.11 Å². The van der Waals surface area contributed by atoms with Gasteiger partial charge in [0, 0.05) is 5.56 Å². The van der Waals surface area contributed by atoms with Gasteiger partial charge in [-0.15, -0.1) is 0 Å². The molecule has 2 N–H and O–H groups in total. The predicted octanol–water partition coefficient (Wildman–Crippen LogP) is 4.66. The summed E-state index contributed by atoms with van der Waals surface area (Å²) in [6, 6.07) is 8.47. The number of hydrogen-bond donors (Lipinski definition) is 2. The summed E-state index contributed by atoms with van der Waals surface area (Å²) in [6.07, 6.45) is 1.53. The van der Waals surface area contributed by atoms with Crippen LogP contribution in [0.2, 0.25) is 5.15 Å². The van der Waals surface area contributed by atoms with Crippen molar-refractivity contribution in [2.75, 3.05) is 11.9 Å². The summed E-state index contributed by atoms with van der Waals surface area (Å²) in [5, 5.41) is 6.04. The Labute approximate surface area is 165 Å². The van der Waals surface area contributed by atoms with E-state index in [4.69, 9.17) is 28.6 Å². The topological polar surface area (TPSA) is 63.2 Å². The SMILES string of the molecule is CC(C)COc1ccc(C(=O)NC(=S)Nc2ccc(Cl)nc2)cc1Br.